The van der Waals surface area contributed by atoms with Gasteiger partial charge in [-0.2, -0.15) is 4.98 Å². The molecule has 0 saturated heterocycles. The van der Waals surface area contributed by atoms with Crippen LogP contribution in [0.4, 0.5) is 0 Å². The maximum atomic E-state index is 12.6. The minimum atomic E-state index is -0.269. The second-order valence-electron chi connectivity index (χ2n) is 7.68. The molecule has 3 aromatic rings. The molecule has 0 bridgehead atoms. The number of ether oxygens (including phenoxy) is 1. The van der Waals surface area contributed by atoms with Crippen LogP contribution < -0.4 is 10.1 Å². The zero-order chi connectivity index (χ0) is 20.5. The van der Waals surface area contributed by atoms with E-state index in [-0.39, 0.29) is 23.9 Å². The first-order chi connectivity index (χ1) is 13.9. The van der Waals surface area contributed by atoms with Crippen molar-refractivity contribution in [3.05, 3.63) is 40.7 Å². The minimum Gasteiger partial charge on any atom is -0.460 e. The van der Waals surface area contributed by atoms with E-state index in [2.05, 4.69) is 30.4 Å². The number of carbonyl (C=O) groups excluding carboxylic acids is 1. The van der Waals surface area contributed by atoms with Gasteiger partial charge in [0.05, 0.1) is 0 Å². The second-order valence-corrected chi connectivity index (χ2v) is 7.68. The summed E-state index contributed by atoms with van der Waals surface area (Å²) >= 11 is 0. The van der Waals surface area contributed by atoms with Crippen molar-refractivity contribution >= 4 is 11.7 Å². The fourth-order valence-corrected chi connectivity index (χ4v) is 3.73. The first-order valence-corrected chi connectivity index (χ1v) is 9.88. The minimum absolute atomic E-state index is 0.0625. The summed E-state index contributed by atoms with van der Waals surface area (Å²) in [5, 5.41) is 7.34. The number of carbonyl (C=O) groups is 1. The Morgan fingerprint density at radius 3 is 2.31 bits per heavy atom. The van der Waals surface area contributed by atoms with Gasteiger partial charge in [-0.1, -0.05) is 0 Å². The third-order valence-corrected chi connectivity index (χ3v) is 5.06. The Morgan fingerprint density at radius 2 is 1.62 bits per heavy atom. The van der Waals surface area contributed by atoms with Gasteiger partial charge in [0.25, 0.3) is 11.7 Å². The highest BCUT2D eigenvalue weighted by Gasteiger charge is 2.26. The number of aromatic nitrogens is 6. The first-order valence-electron chi connectivity index (χ1n) is 9.88. The van der Waals surface area contributed by atoms with Gasteiger partial charge < -0.3 is 10.1 Å². The monoisotopic (exact) mass is 395 g/mol. The van der Waals surface area contributed by atoms with Gasteiger partial charge >= 0.3 is 6.01 Å². The molecule has 1 saturated carbocycles. The number of fused-ring (bicyclic) bond motifs is 1. The number of hydrogen-bond acceptors (Lipinski definition) is 7. The highest BCUT2D eigenvalue weighted by Crippen LogP contribution is 2.23. The average molecular weight is 395 g/mol. The summed E-state index contributed by atoms with van der Waals surface area (Å²) in [6.07, 6.45) is 3.38. The predicted octanol–water partition coefficient (Wildman–Crippen LogP) is 2.27. The number of hydrogen-bond donors (Lipinski definition) is 1. The highest BCUT2D eigenvalue weighted by atomic mass is 16.5. The Balaban J connectivity index is 1.34. The zero-order valence-corrected chi connectivity index (χ0v) is 17.1. The molecular weight excluding hydrogens is 370 g/mol. The van der Waals surface area contributed by atoms with Crippen LogP contribution in [0.1, 0.15) is 59.1 Å². The number of nitrogens with zero attached hydrogens (tertiary/aromatic N) is 6. The lowest BCUT2D eigenvalue weighted by atomic mass is 9.93. The largest absolute Gasteiger partial charge is 0.460 e. The zero-order valence-electron chi connectivity index (χ0n) is 17.1. The normalized spacial score (nSPS) is 19.3. The van der Waals surface area contributed by atoms with Crippen LogP contribution in [-0.4, -0.2) is 47.6 Å². The summed E-state index contributed by atoms with van der Waals surface area (Å²) in [4.78, 5) is 29.9. The molecule has 9 nitrogen and oxygen atoms in total. The third-order valence-electron chi connectivity index (χ3n) is 5.06. The summed E-state index contributed by atoms with van der Waals surface area (Å²) in [6.45, 7) is 7.67. The maximum Gasteiger partial charge on any atom is 0.317 e. The second kappa shape index (κ2) is 7.73. The van der Waals surface area contributed by atoms with Gasteiger partial charge in [-0.15, -0.1) is 5.10 Å². The molecule has 1 aliphatic carbocycles. The Morgan fingerprint density at radius 1 is 0.966 bits per heavy atom. The Bertz CT molecular complexity index is 1030. The fourth-order valence-electron chi connectivity index (χ4n) is 3.73. The van der Waals surface area contributed by atoms with Gasteiger partial charge in [0.1, 0.15) is 6.10 Å². The van der Waals surface area contributed by atoms with E-state index in [0.717, 1.165) is 48.5 Å². The van der Waals surface area contributed by atoms with Crippen molar-refractivity contribution in [1.82, 2.24) is 34.9 Å². The van der Waals surface area contributed by atoms with Gasteiger partial charge in [-0.25, -0.2) is 19.5 Å². The van der Waals surface area contributed by atoms with Crippen LogP contribution in [-0.2, 0) is 0 Å². The van der Waals surface area contributed by atoms with Gasteiger partial charge in [-0.05, 0) is 65.5 Å². The molecule has 3 aromatic heterocycles. The topological polar surface area (TPSA) is 107 Å². The lowest BCUT2D eigenvalue weighted by Crippen LogP contribution is -2.40. The molecule has 1 aliphatic rings. The molecule has 1 fully saturated rings. The standard InChI is InChI=1S/C20H25N7O2/c1-11-9-12(2)23-20(22-11)29-16-7-5-15(6-8-16)24-18(28)17-25-19-21-13(3)10-14(4)27(19)26-17/h9-10,15-16H,5-8H2,1-4H3,(H,24,28). The lowest BCUT2D eigenvalue weighted by molar-refractivity contribution is 0.0875. The van der Waals surface area contributed by atoms with Crippen molar-refractivity contribution < 1.29 is 9.53 Å². The van der Waals surface area contributed by atoms with Crippen LogP contribution in [0.2, 0.25) is 0 Å². The van der Waals surface area contributed by atoms with Gasteiger partial charge in [0, 0.05) is 28.8 Å². The summed E-state index contributed by atoms with van der Waals surface area (Å²) in [7, 11) is 0. The van der Waals surface area contributed by atoms with Crippen molar-refractivity contribution in [3.8, 4) is 6.01 Å². The maximum absolute atomic E-state index is 12.6. The van der Waals surface area contributed by atoms with Crippen molar-refractivity contribution in [2.45, 2.75) is 65.5 Å². The van der Waals surface area contributed by atoms with Crippen LogP contribution in [0.25, 0.3) is 5.78 Å². The third kappa shape index (κ3) is 4.33. The van der Waals surface area contributed by atoms with E-state index in [1.807, 2.05) is 39.8 Å². The van der Waals surface area contributed by atoms with Crippen LogP contribution in [0.3, 0.4) is 0 Å². The SMILES string of the molecule is Cc1cc(C)nc(OC2CCC(NC(=O)c3nc4nc(C)cc(C)n4n3)CC2)n1. The van der Waals surface area contributed by atoms with E-state index in [0.29, 0.717) is 11.8 Å². The summed E-state index contributed by atoms with van der Waals surface area (Å²) < 4.78 is 7.54. The molecule has 0 atom stereocenters. The molecule has 4 rings (SSSR count). The van der Waals surface area contributed by atoms with Crippen LogP contribution in [0.15, 0.2) is 12.1 Å². The van der Waals surface area contributed by atoms with E-state index in [1.165, 1.54) is 0 Å². The molecular formula is C20H25N7O2. The van der Waals surface area contributed by atoms with E-state index in [9.17, 15) is 4.79 Å². The summed E-state index contributed by atoms with van der Waals surface area (Å²) in [5.74, 6) is 0.320. The Labute approximate surface area is 169 Å². The van der Waals surface area contributed by atoms with Gasteiger partial charge in [-0.3, -0.25) is 4.79 Å². The Hall–Kier alpha value is -3.10. The van der Waals surface area contributed by atoms with E-state index in [4.69, 9.17) is 4.74 Å². The van der Waals surface area contributed by atoms with Crippen molar-refractivity contribution in [2.24, 2.45) is 0 Å². The van der Waals surface area contributed by atoms with E-state index in [1.54, 1.807) is 4.52 Å². The van der Waals surface area contributed by atoms with Crippen molar-refractivity contribution in [3.63, 3.8) is 0 Å². The number of rotatable bonds is 4. The molecule has 0 unspecified atom stereocenters. The average Bonchev–Trinajstić information content (AvgIpc) is 3.07. The summed E-state index contributed by atoms with van der Waals surface area (Å²) in [5.41, 5.74) is 3.53. The van der Waals surface area contributed by atoms with Gasteiger partial charge in [0.2, 0.25) is 5.82 Å². The first kappa shape index (κ1) is 19.2. The molecule has 152 valence electrons. The van der Waals surface area contributed by atoms with Crippen LogP contribution in [0, 0.1) is 27.7 Å². The van der Waals surface area contributed by atoms with E-state index >= 15 is 0 Å². The van der Waals surface area contributed by atoms with Gasteiger partial charge in [0.15, 0.2) is 0 Å². The number of aryl methyl sites for hydroxylation is 4. The van der Waals surface area contributed by atoms with Crippen LogP contribution >= 0.6 is 0 Å². The number of nitrogens with one attached hydrogen (secondary N) is 1. The lowest BCUT2D eigenvalue weighted by Gasteiger charge is -2.28. The predicted molar refractivity (Wildman–Crippen MR) is 106 cm³/mol. The van der Waals surface area contributed by atoms with Crippen LogP contribution in [0.5, 0.6) is 6.01 Å². The molecule has 0 radical (unpaired) electrons. The molecule has 1 N–H and O–H groups in total. The number of amides is 1. The molecule has 0 aromatic carbocycles. The molecule has 1 amide bonds. The molecule has 3 heterocycles. The smallest absolute Gasteiger partial charge is 0.317 e. The molecule has 9 heteroatoms. The quantitative estimate of drug-likeness (QED) is 0.722. The van der Waals surface area contributed by atoms with E-state index < -0.39 is 0 Å². The fraction of sp³-hybridized carbons (Fsp3) is 0.500. The van der Waals surface area contributed by atoms with Crippen molar-refractivity contribution in [2.75, 3.05) is 0 Å². The molecule has 0 spiro atoms. The highest BCUT2D eigenvalue weighted by molar-refractivity contribution is 5.91. The Kier molecular flexibility index (Phi) is 5.12. The molecule has 29 heavy (non-hydrogen) atoms. The molecule has 0 aliphatic heterocycles. The summed E-state index contributed by atoms with van der Waals surface area (Å²) in [6, 6.07) is 4.33. The van der Waals surface area contributed by atoms with Crippen molar-refractivity contribution in [1.29, 1.82) is 0 Å².